The van der Waals surface area contributed by atoms with Crippen LogP contribution < -0.4 is 0 Å². The Hall–Kier alpha value is -1.14. The standard InChI is InChI=1S/C13H14ClFO4S/c14-11-2-1-3-12(15)10(11)6-9(13(16)17)8-4-5-20(18,19)7-8/h1-3,8-9H,4-7H2,(H,16,17). The van der Waals surface area contributed by atoms with Crippen molar-refractivity contribution >= 4 is 27.4 Å². The molecule has 2 rings (SSSR count). The highest BCUT2D eigenvalue weighted by Gasteiger charge is 2.37. The number of aliphatic carboxylic acids is 1. The first-order valence-electron chi connectivity index (χ1n) is 6.16. The number of benzene rings is 1. The van der Waals surface area contributed by atoms with E-state index in [1.165, 1.54) is 18.2 Å². The first-order valence-corrected chi connectivity index (χ1v) is 8.36. The van der Waals surface area contributed by atoms with Crippen molar-refractivity contribution in [1.29, 1.82) is 0 Å². The molecule has 1 fully saturated rings. The summed E-state index contributed by atoms with van der Waals surface area (Å²) in [5.74, 6) is -3.28. The second-order valence-corrected chi connectivity index (χ2v) is 7.65. The van der Waals surface area contributed by atoms with Crippen molar-refractivity contribution in [2.75, 3.05) is 11.5 Å². The Bertz CT molecular complexity index is 609. The third kappa shape index (κ3) is 3.30. The Kier molecular flexibility index (Phi) is 4.34. The van der Waals surface area contributed by atoms with Crippen molar-refractivity contribution in [1.82, 2.24) is 0 Å². The molecule has 0 aliphatic carbocycles. The van der Waals surface area contributed by atoms with Gasteiger partial charge in [-0.05, 0) is 30.9 Å². The molecule has 0 spiro atoms. The van der Waals surface area contributed by atoms with Crippen molar-refractivity contribution in [2.24, 2.45) is 11.8 Å². The third-order valence-electron chi connectivity index (χ3n) is 3.64. The van der Waals surface area contributed by atoms with E-state index in [-0.39, 0.29) is 28.5 Å². The Morgan fingerprint density at radius 1 is 1.50 bits per heavy atom. The Balaban J connectivity index is 2.25. The lowest BCUT2D eigenvalue weighted by Gasteiger charge is -2.19. The summed E-state index contributed by atoms with van der Waals surface area (Å²) < 4.78 is 36.6. The molecule has 4 nitrogen and oxygen atoms in total. The van der Waals surface area contributed by atoms with Gasteiger partial charge in [0.1, 0.15) is 5.82 Å². The highest BCUT2D eigenvalue weighted by atomic mass is 35.5. The van der Waals surface area contributed by atoms with E-state index in [1.807, 2.05) is 0 Å². The Morgan fingerprint density at radius 2 is 2.20 bits per heavy atom. The number of carboxylic acid groups (broad SMARTS) is 1. The molecule has 1 aromatic rings. The van der Waals surface area contributed by atoms with Gasteiger partial charge in [-0.25, -0.2) is 12.8 Å². The van der Waals surface area contributed by atoms with Crippen LogP contribution in [0, 0.1) is 17.7 Å². The second-order valence-electron chi connectivity index (χ2n) is 5.01. The third-order valence-corrected chi connectivity index (χ3v) is 5.79. The van der Waals surface area contributed by atoms with Crippen LogP contribution in [0.4, 0.5) is 4.39 Å². The molecule has 1 saturated heterocycles. The van der Waals surface area contributed by atoms with Gasteiger partial charge in [0.2, 0.25) is 0 Å². The van der Waals surface area contributed by atoms with Gasteiger partial charge in [-0.1, -0.05) is 17.7 Å². The minimum Gasteiger partial charge on any atom is -0.481 e. The average Bonchev–Trinajstić information content (AvgIpc) is 2.68. The molecule has 20 heavy (non-hydrogen) atoms. The lowest BCUT2D eigenvalue weighted by atomic mass is 9.86. The van der Waals surface area contributed by atoms with Crippen LogP contribution in [-0.2, 0) is 21.1 Å². The summed E-state index contributed by atoms with van der Waals surface area (Å²) in [5.41, 5.74) is 0.130. The topological polar surface area (TPSA) is 71.4 Å². The minimum absolute atomic E-state index is 0.00749. The number of carbonyl (C=O) groups is 1. The van der Waals surface area contributed by atoms with Crippen molar-refractivity contribution < 1.29 is 22.7 Å². The minimum atomic E-state index is -3.18. The van der Waals surface area contributed by atoms with E-state index in [0.29, 0.717) is 6.42 Å². The lowest BCUT2D eigenvalue weighted by Crippen LogP contribution is -2.27. The summed E-state index contributed by atoms with van der Waals surface area (Å²) in [4.78, 5) is 11.4. The summed E-state index contributed by atoms with van der Waals surface area (Å²) in [6.07, 6.45) is 0.201. The highest BCUT2D eigenvalue weighted by Crippen LogP contribution is 2.31. The first-order chi connectivity index (χ1) is 9.30. The molecule has 1 aliphatic heterocycles. The maximum absolute atomic E-state index is 13.7. The van der Waals surface area contributed by atoms with Crippen LogP contribution in [0.3, 0.4) is 0 Å². The number of hydrogen-bond donors (Lipinski definition) is 1. The Labute approximate surface area is 121 Å². The summed E-state index contributed by atoms with van der Waals surface area (Å²) in [7, 11) is -3.18. The van der Waals surface area contributed by atoms with Gasteiger partial charge < -0.3 is 5.11 Å². The fraction of sp³-hybridized carbons (Fsp3) is 0.462. The molecule has 0 aromatic heterocycles. The van der Waals surface area contributed by atoms with Gasteiger partial charge in [0.15, 0.2) is 9.84 Å². The number of hydrogen-bond acceptors (Lipinski definition) is 3. The SMILES string of the molecule is O=C(O)C(Cc1c(F)cccc1Cl)C1CCS(=O)(=O)C1. The van der Waals surface area contributed by atoms with Crippen molar-refractivity contribution in [3.63, 3.8) is 0 Å². The molecule has 110 valence electrons. The van der Waals surface area contributed by atoms with Gasteiger partial charge in [0, 0.05) is 10.6 Å². The summed E-state index contributed by atoms with van der Waals surface area (Å²) in [6, 6.07) is 4.15. The molecule has 0 saturated carbocycles. The first kappa shape index (κ1) is 15.3. The zero-order valence-corrected chi connectivity index (χ0v) is 12.1. The molecule has 1 N–H and O–H groups in total. The zero-order valence-electron chi connectivity index (χ0n) is 10.6. The lowest BCUT2D eigenvalue weighted by molar-refractivity contribution is -0.143. The van der Waals surface area contributed by atoms with Crippen LogP contribution in [0.1, 0.15) is 12.0 Å². The van der Waals surface area contributed by atoms with E-state index in [2.05, 4.69) is 0 Å². The fourth-order valence-corrected chi connectivity index (χ4v) is 4.66. The monoisotopic (exact) mass is 320 g/mol. The second kappa shape index (κ2) is 5.69. The number of halogens is 2. The maximum Gasteiger partial charge on any atom is 0.307 e. The van der Waals surface area contributed by atoms with Crippen molar-refractivity contribution in [2.45, 2.75) is 12.8 Å². The van der Waals surface area contributed by atoms with Crippen LogP contribution in [0.25, 0.3) is 0 Å². The van der Waals surface area contributed by atoms with Crippen molar-refractivity contribution in [3.8, 4) is 0 Å². The van der Waals surface area contributed by atoms with E-state index in [4.69, 9.17) is 11.6 Å². The molecule has 2 atom stereocenters. The molecule has 1 aromatic carbocycles. The van der Waals surface area contributed by atoms with Gasteiger partial charge in [-0.3, -0.25) is 4.79 Å². The normalized spacial score (nSPS) is 22.6. The summed E-state index contributed by atoms with van der Waals surface area (Å²) in [5, 5.41) is 9.45. The van der Waals surface area contributed by atoms with Gasteiger partial charge in [-0.15, -0.1) is 0 Å². The van der Waals surface area contributed by atoms with E-state index in [1.54, 1.807) is 0 Å². The zero-order chi connectivity index (χ0) is 14.9. The van der Waals surface area contributed by atoms with Crippen LogP contribution in [0.15, 0.2) is 18.2 Å². The summed E-state index contributed by atoms with van der Waals surface area (Å²) in [6.45, 7) is 0. The van der Waals surface area contributed by atoms with E-state index < -0.39 is 33.5 Å². The Morgan fingerprint density at radius 3 is 2.70 bits per heavy atom. The molecule has 7 heteroatoms. The average molecular weight is 321 g/mol. The molecule has 0 bridgehead atoms. The molecule has 0 radical (unpaired) electrons. The van der Waals surface area contributed by atoms with E-state index >= 15 is 0 Å². The van der Waals surface area contributed by atoms with Gasteiger partial charge in [0.05, 0.1) is 17.4 Å². The fourth-order valence-electron chi connectivity index (χ4n) is 2.54. The molecule has 2 unspecified atom stereocenters. The highest BCUT2D eigenvalue weighted by molar-refractivity contribution is 7.91. The van der Waals surface area contributed by atoms with Crippen LogP contribution in [0.2, 0.25) is 5.02 Å². The van der Waals surface area contributed by atoms with Crippen molar-refractivity contribution in [3.05, 3.63) is 34.6 Å². The molecule has 1 aliphatic rings. The molecule has 1 heterocycles. The largest absolute Gasteiger partial charge is 0.481 e. The van der Waals surface area contributed by atoms with Crippen LogP contribution in [-0.4, -0.2) is 31.0 Å². The summed E-state index contributed by atoms with van der Waals surface area (Å²) >= 11 is 5.89. The van der Waals surface area contributed by atoms with Gasteiger partial charge in [0.25, 0.3) is 0 Å². The molecule has 0 amide bonds. The van der Waals surface area contributed by atoms with E-state index in [9.17, 15) is 22.7 Å². The molecular formula is C13H14ClFO4S. The molecular weight excluding hydrogens is 307 g/mol. The number of carboxylic acids is 1. The van der Waals surface area contributed by atoms with Crippen LogP contribution >= 0.6 is 11.6 Å². The predicted octanol–water partition coefficient (Wildman–Crippen LogP) is 2.16. The maximum atomic E-state index is 13.7. The predicted molar refractivity (Wildman–Crippen MR) is 73.0 cm³/mol. The van der Waals surface area contributed by atoms with Gasteiger partial charge in [-0.2, -0.15) is 0 Å². The van der Waals surface area contributed by atoms with Gasteiger partial charge >= 0.3 is 5.97 Å². The van der Waals surface area contributed by atoms with Crippen LogP contribution in [0.5, 0.6) is 0 Å². The number of sulfone groups is 1. The number of rotatable bonds is 4. The quantitative estimate of drug-likeness (QED) is 0.922. The smallest absolute Gasteiger partial charge is 0.307 e. The van der Waals surface area contributed by atoms with E-state index in [0.717, 1.165) is 0 Å².